The van der Waals surface area contributed by atoms with Crippen molar-refractivity contribution in [2.45, 2.75) is 19.4 Å². The second-order valence-corrected chi connectivity index (χ2v) is 6.01. The van der Waals surface area contributed by atoms with Crippen molar-refractivity contribution >= 4 is 5.97 Å². The second kappa shape index (κ2) is 7.37. The molecule has 1 aliphatic heterocycles. The fourth-order valence-electron chi connectivity index (χ4n) is 3.15. The van der Waals surface area contributed by atoms with Gasteiger partial charge in [0.2, 0.25) is 0 Å². The number of hydrogen-bond acceptors (Lipinski definition) is 5. The molecule has 0 aliphatic carbocycles. The monoisotopic (exact) mass is 314 g/mol. The Morgan fingerprint density at radius 1 is 1.39 bits per heavy atom. The number of ether oxygens (including phenoxy) is 1. The molecule has 122 valence electrons. The van der Waals surface area contributed by atoms with Gasteiger partial charge in [0.05, 0.1) is 19.2 Å². The summed E-state index contributed by atoms with van der Waals surface area (Å²) in [7, 11) is 1.42. The molecule has 2 aromatic rings. The van der Waals surface area contributed by atoms with E-state index in [1.54, 1.807) is 18.7 Å². The summed E-state index contributed by atoms with van der Waals surface area (Å²) in [6, 6.07) is 7.77. The van der Waals surface area contributed by atoms with Crippen molar-refractivity contribution in [3.63, 3.8) is 0 Å². The molecular weight excluding hydrogens is 292 g/mol. The van der Waals surface area contributed by atoms with Gasteiger partial charge in [-0.05, 0) is 43.0 Å². The molecule has 1 fully saturated rings. The summed E-state index contributed by atoms with van der Waals surface area (Å²) in [4.78, 5) is 18.0. The van der Waals surface area contributed by atoms with Gasteiger partial charge >= 0.3 is 5.97 Å². The third-order valence-corrected chi connectivity index (χ3v) is 4.35. The van der Waals surface area contributed by atoms with Gasteiger partial charge in [0.1, 0.15) is 12.7 Å². The highest BCUT2D eigenvalue weighted by atomic mass is 16.5. The number of carbonyl (C=O) groups excluding carboxylic acids is 1. The van der Waals surface area contributed by atoms with Crippen LogP contribution in [0.4, 0.5) is 0 Å². The lowest BCUT2D eigenvalue weighted by molar-refractivity contribution is 0.0600. The minimum Gasteiger partial charge on any atom is -0.465 e. The second-order valence-electron chi connectivity index (χ2n) is 6.01. The van der Waals surface area contributed by atoms with Crippen LogP contribution in [0.15, 0.2) is 36.9 Å². The van der Waals surface area contributed by atoms with Crippen LogP contribution in [0, 0.1) is 5.92 Å². The first-order valence-electron chi connectivity index (χ1n) is 7.96. The Hall–Kier alpha value is -2.21. The summed E-state index contributed by atoms with van der Waals surface area (Å²) in [6.07, 6.45) is 5.53. The zero-order chi connectivity index (χ0) is 16.1. The maximum absolute atomic E-state index is 11.6. The molecular formula is C17H22N4O2. The summed E-state index contributed by atoms with van der Waals surface area (Å²) in [5.74, 6) is 0.367. The molecule has 1 aromatic carbocycles. The fourth-order valence-corrected chi connectivity index (χ4v) is 3.15. The number of carbonyl (C=O) groups is 1. The normalized spacial score (nSPS) is 18.2. The molecule has 1 atom stereocenters. The van der Waals surface area contributed by atoms with Crippen LogP contribution in [0.1, 0.15) is 22.3 Å². The number of benzene rings is 1. The van der Waals surface area contributed by atoms with Crippen LogP contribution < -0.4 is 0 Å². The van der Waals surface area contributed by atoms with Gasteiger partial charge in [-0.15, -0.1) is 0 Å². The maximum atomic E-state index is 11.6. The molecule has 6 nitrogen and oxygen atoms in total. The zero-order valence-electron chi connectivity index (χ0n) is 13.4. The van der Waals surface area contributed by atoms with Crippen LogP contribution in [-0.2, 0) is 17.7 Å². The molecule has 6 heteroatoms. The van der Waals surface area contributed by atoms with Gasteiger partial charge in [-0.3, -0.25) is 4.68 Å². The molecule has 0 N–H and O–H groups in total. The van der Waals surface area contributed by atoms with E-state index >= 15 is 0 Å². The molecule has 1 aromatic heterocycles. The first-order valence-corrected chi connectivity index (χ1v) is 7.96. The minimum atomic E-state index is -0.271. The van der Waals surface area contributed by atoms with E-state index in [0.29, 0.717) is 11.5 Å². The number of esters is 1. The van der Waals surface area contributed by atoms with Gasteiger partial charge in [0.25, 0.3) is 0 Å². The lowest BCUT2D eigenvalue weighted by Gasteiger charge is -2.16. The van der Waals surface area contributed by atoms with E-state index in [2.05, 4.69) is 21.0 Å². The largest absolute Gasteiger partial charge is 0.465 e. The van der Waals surface area contributed by atoms with Gasteiger partial charge in [-0.1, -0.05) is 12.1 Å². The van der Waals surface area contributed by atoms with Gasteiger partial charge in [0.15, 0.2) is 0 Å². The van der Waals surface area contributed by atoms with Gasteiger partial charge in [0, 0.05) is 13.1 Å². The van der Waals surface area contributed by atoms with Crippen molar-refractivity contribution < 1.29 is 9.53 Å². The quantitative estimate of drug-likeness (QED) is 0.759. The molecule has 0 spiro atoms. The maximum Gasteiger partial charge on any atom is 0.337 e. The van der Waals surface area contributed by atoms with E-state index in [-0.39, 0.29) is 5.97 Å². The van der Waals surface area contributed by atoms with Crippen LogP contribution in [0.2, 0.25) is 0 Å². The Kier molecular flexibility index (Phi) is 5.02. The first kappa shape index (κ1) is 15.7. The highest BCUT2D eigenvalue weighted by Crippen LogP contribution is 2.21. The van der Waals surface area contributed by atoms with Crippen molar-refractivity contribution in [2.75, 3.05) is 26.7 Å². The number of likely N-dealkylation sites (tertiary alicyclic amines) is 1. The molecule has 0 radical (unpaired) electrons. The number of hydrogen-bond donors (Lipinski definition) is 0. The van der Waals surface area contributed by atoms with Crippen molar-refractivity contribution in [2.24, 2.45) is 5.92 Å². The standard InChI is InChI=1S/C17H22N4O2/c1-23-17(22)16-4-2-3-14(10-16)9-15-5-6-20(11-15)7-8-21-13-18-12-19-21/h2-4,10,12-13,15H,5-9,11H2,1H3. The van der Waals surface area contributed by atoms with E-state index in [4.69, 9.17) is 4.74 Å². The Labute approximate surface area is 136 Å². The Morgan fingerprint density at radius 2 is 2.30 bits per heavy atom. The molecule has 0 saturated carbocycles. The van der Waals surface area contributed by atoms with Crippen LogP contribution in [0.5, 0.6) is 0 Å². The third-order valence-electron chi connectivity index (χ3n) is 4.35. The molecule has 1 unspecified atom stereocenters. The van der Waals surface area contributed by atoms with E-state index < -0.39 is 0 Å². The molecule has 0 amide bonds. The smallest absolute Gasteiger partial charge is 0.337 e. The van der Waals surface area contributed by atoms with Crippen LogP contribution in [0.3, 0.4) is 0 Å². The SMILES string of the molecule is COC(=O)c1cccc(CC2CCN(CCn3cncn3)C2)c1. The number of methoxy groups -OCH3 is 1. The molecule has 0 bridgehead atoms. The summed E-state index contributed by atoms with van der Waals surface area (Å²) >= 11 is 0. The molecule has 2 heterocycles. The van der Waals surface area contributed by atoms with Gasteiger partial charge in [-0.2, -0.15) is 5.10 Å². The van der Waals surface area contributed by atoms with E-state index in [1.807, 2.05) is 16.8 Å². The van der Waals surface area contributed by atoms with Crippen molar-refractivity contribution in [3.05, 3.63) is 48.0 Å². The van der Waals surface area contributed by atoms with Crippen molar-refractivity contribution in [1.82, 2.24) is 19.7 Å². The fraction of sp³-hybridized carbons (Fsp3) is 0.471. The summed E-state index contributed by atoms with van der Waals surface area (Å²) in [6.45, 7) is 4.10. The third kappa shape index (κ3) is 4.16. The van der Waals surface area contributed by atoms with E-state index in [0.717, 1.165) is 32.6 Å². The average molecular weight is 314 g/mol. The first-order chi connectivity index (χ1) is 11.2. The Morgan fingerprint density at radius 3 is 3.09 bits per heavy atom. The average Bonchev–Trinajstić information content (AvgIpc) is 3.24. The summed E-state index contributed by atoms with van der Waals surface area (Å²) in [5, 5.41) is 4.13. The molecule has 1 saturated heterocycles. The zero-order valence-corrected chi connectivity index (χ0v) is 13.4. The minimum absolute atomic E-state index is 0.271. The lowest BCUT2D eigenvalue weighted by Crippen LogP contribution is -2.25. The lowest BCUT2D eigenvalue weighted by atomic mass is 9.97. The highest BCUT2D eigenvalue weighted by Gasteiger charge is 2.22. The summed E-state index contributed by atoms with van der Waals surface area (Å²) in [5.41, 5.74) is 1.84. The molecule has 23 heavy (non-hydrogen) atoms. The molecule has 3 rings (SSSR count). The van der Waals surface area contributed by atoms with E-state index in [1.165, 1.54) is 19.1 Å². The van der Waals surface area contributed by atoms with Crippen molar-refractivity contribution in [1.29, 1.82) is 0 Å². The topological polar surface area (TPSA) is 60.2 Å². The van der Waals surface area contributed by atoms with Gasteiger partial charge < -0.3 is 9.64 Å². The predicted molar refractivity (Wildman–Crippen MR) is 86.1 cm³/mol. The van der Waals surface area contributed by atoms with Crippen LogP contribution in [-0.4, -0.2) is 52.4 Å². The summed E-state index contributed by atoms with van der Waals surface area (Å²) < 4.78 is 6.65. The Balaban J connectivity index is 1.50. The number of aromatic nitrogens is 3. The molecule has 1 aliphatic rings. The van der Waals surface area contributed by atoms with Gasteiger partial charge in [-0.25, -0.2) is 9.78 Å². The van der Waals surface area contributed by atoms with Crippen LogP contribution in [0.25, 0.3) is 0 Å². The predicted octanol–water partition coefficient (Wildman–Crippen LogP) is 1.63. The highest BCUT2D eigenvalue weighted by molar-refractivity contribution is 5.89. The van der Waals surface area contributed by atoms with E-state index in [9.17, 15) is 4.79 Å². The number of rotatable bonds is 6. The number of nitrogens with zero attached hydrogens (tertiary/aromatic N) is 4. The Bertz CT molecular complexity index is 642. The van der Waals surface area contributed by atoms with Crippen molar-refractivity contribution in [3.8, 4) is 0 Å². The van der Waals surface area contributed by atoms with Crippen LogP contribution >= 0.6 is 0 Å².